The minimum atomic E-state index is 0.397. The summed E-state index contributed by atoms with van der Waals surface area (Å²) in [6, 6.07) is 2.34. The molecule has 2 nitrogen and oxygen atoms in total. The highest BCUT2D eigenvalue weighted by atomic mass is 33.1. The van der Waals surface area contributed by atoms with Gasteiger partial charge in [0.2, 0.25) is 0 Å². The Bertz CT molecular complexity index is 225. The lowest BCUT2D eigenvalue weighted by atomic mass is 10.0. The number of hydrogen-bond donors (Lipinski definition) is 0. The van der Waals surface area contributed by atoms with Crippen molar-refractivity contribution in [1.82, 2.24) is 4.90 Å². The van der Waals surface area contributed by atoms with Crippen molar-refractivity contribution in [2.24, 2.45) is 5.41 Å². The lowest BCUT2D eigenvalue weighted by molar-refractivity contribution is 0.246. The van der Waals surface area contributed by atoms with E-state index in [4.69, 9.17) is 5.26 Å². The summed E-state index contributed by atoms with van der Waals surface area (Å²) in [7, 11) is 3.98. The van der Waals surface area contributed by atoms with E-state index in [1.54, 1.807) is 0 Å². The standard InChI is InChI=1S/C10H16N2S2/c11-4-3-10(1-2-10)9-12-5-7-13-14-8-6-12/h1-3,5-9H2. The average Bonchev–Trinajstić information content (AvgIpc) is 2.93. The SMILES string of the molecule is N#CCC1(CN2CCSSCC2)CC1. The van der Waals surface area contributed by atoms with E-state index in [0.29, 0.717) is 5.41 Å². The van der Waals surface area contributed by atoms with E-state index in [1.807, 2.05) is 21.6 Å². The maximum atomic E-state index is 8.75. The summed E-state index contributed by atoms with van der Waals surface area (Å²) >= 11 is 0. The van der Waals surface area contributed by atoms with Gasteiger partial charge in [-0.05, 0) is 18.3 Å². The third kappa shape index (κ3) is 2.82. The predicted octanol–water partition coefficient (Wildman–Crippen LogP) is 2.38. The highest BCUT2D eigenvalue weighted by Crippen LogP contribution is 2.49. The minimum Gasteiger partial charge on any atom is -0.301 e. The molecule has 1 aliphatic carbocycles. The maximum Gasteiger partial charge on any atom is 0.0628 e. The molecule has 0 atom stereocenters. The quantitative estimate of drug-likeness (QED) is 0.693. The molecule has 0 aromatic heterocycles. The Morgan fingerprint density at radius 3 is 2.36 bits per heavy atom. The second kappa shape index (κ2) is 4.78. The molecule has 0 unspecified atom stereocenters. The van der Waals surface area contributed by atoms with Gasteiger partial charge in [-0.3, -0.25) is 0 Å². The molecule has 14 heavy (non-hydrogen) atoms. The maximum absolute atomic E-state index is 8.75. The largest absolute Gasteiger partial charge is 0.301 e. The van der Waals surface area contributed by atoms with Crippen LogP contribution in [-0.4, -0.2) is 36.0 Å². The monoisotopic (exact) mass is 228 g/mol. The fourth-order valence-electron chi connectivity index (χ4n) is 1.93. The van der Waals surface area contributed by atoms with Crippen LogP contribution in [0.25, 0.3) is 0 Å². The zero-order chi connectivity index (χ0) is 9.86. The molecule has 78 valence electrons. The molecule has 0 amide bonds. The van der Waals surface area contributed by atoms with Crippen LogP contribution in [0.2, 0.25) is 0 Å². The van der Waals surface area contributed by atoms with E-state index in [0.717, 1.165) is 6.42 Å². The van der Waals surface area contributed by atoms with Crippen molar-refractivity contribution in [1.29, 1.82) is 5.26 Å². The summed E-state index contributed by atoms with van der Waals surface area (Å²) in [4.78, 5) is 2.55. The minimum absolute atomic E-state index is 0.397. The second-order valence-corrected chi connectivity index (χ2v) is 6.96. The van der Waals surface area contributed by atoms with Gasteiger partial charge in [-0.15, -0.1) is 0 Å². The zero-order valence-electron chi connectivity index (χ0n) is 8.37. The third-order valence-electron chi connectivity index (χ3n) is 3.04. The summed E-state index contributed by atoms with van der Waals surface area (Å²) in [6.07, 6.45) is 3.32. The van der Waals surface area contributed by atoms with Gasteiger partial charge in [-0.2, -0.15) is 5.26 Å². The molecule has 2 aliphatic rings. The fraction of sp³-hybridized carbons (Fsp3) is 0.900. The van der Waals surface area contributed by atoms with E-state index in [2.05, 4.69) is 11.0 Å². The van der Waals surface area contributed by atoms with Crippen molar-refractivity contribution < 1.29 is 0 Å². The van der Waals surface area contributed by atoms with Crippen LogP contribution in [0.15, 0.2) is 0 Å². The number of hydrogen-bond acceptors (Lipinski definition) is 4. The summed E-state index contributed by atoms with van der Waals surface area (Å²) in [5, 5.41) is 8.75. The molecule has 4 heteroatoms. The fourth-order valence-corrected chi connectivity index (χ4v) is 3.99. The average molecular weight is 228 g/mol. The molecular formula is C10H16N2S2. The van der Waals surface area contributed by atoms with E-state index < -0.39 is 0 Å². The Hall–Kier alpha value is 0.150. The first-order chi connectivity index (χ1) is 6.85. The molecular weight excluding hydrogens is 212 g/mol. The summed E-state index contributed by atoms with van der Waals surface area (Å²) < 4.78 is 0. The van der Waals surface area contributed by atoms with Crippen molar-refractivity contribution >= 4 is 21.6 Å². The number of rotatable bonds is 3. The van der Waals surface area contributed by atoms with Gasteiger partial charge >= 0.3 is 0 Å². The Morgan fingerprint density at radius 1 is 1.21 bits per heavy atom. The van der Waals surface area contributed by atoms with Crippen LogP contribution in [0.1, 0.15) is 19.3 Å². The molecule has 2 rings (SSSR count). The van der Waals surface area contributed by atoms with Crippen LogP contribution in [0, 0.1) is 16.7 Å². The zero-order valence-corrected chi connectivity index (χ0v) is 10.0. The molecule has 0 spiro atoms. The van der Waals surface area contributed by atoms with Crippen LogP contribution in [-0.2, 0) is 0 Å². The van der Waals surface area contributed by atoms with Crippen LogP contribution >= 0.6 is 21.6 Å². The van der Waals surface area contributed by atoms with Crippen LogP contribution in [0.5, 0.6) is 0 Å². The van der Waals surface area contributed by atoms with Crippen molar-refractivity contribution in [2.75, 3.05) is 31.1 Å². The Balaban J connectivity index is 1.81. The summed E-state index contributed by atoms with van der Waals surface area (Å²) in [6.45, 7) is 3.59. The third-order valence-corrected chi connectivity index (χ3v) is 5.40. The number of nitrogens with zero attached hydrogens (tertiary/aromatic N) is 2. The van der Waals surface area contributed by atoms with Gasteiger partial charge in [0.15, 0.2) is 0 Å². The van der Waals surface area contributed by atoms with Crippen LogP contribution < -0.4 is 0 Å². The van der Waals surface area contributed by atoms with E-state index >= 15 is 0 Å². The van der Waals surface area contributed by atoms with Gasteiger partial charge in [-0.1, -0.05) is 21.6 Å². The Kier molecular flexibility index (Phi) is 3.64. The first-order valence-corrected chi connectivity index (χ1v) is 7.67. The number of nitriles is 1. The smallest absolute Gasteiger partial charge is 0.0628 e. The van der Waals surface area contributed by atoms with Gasteiger partial charge in [0.05, 0.1) is 6.07 Å². The van der Waals surface area contributed by atoms with Crippen molar-refractivity contribution in [2.45, 2.75) is 19.3 Å². The lowest BCUT2D eigenvalue weighted by Gasteiger charge is -2.23. The second-order valence-electron chi connectivity index (χ2n) is 4.25. The first kappa shape index (κ1) is 10.7. The molecule has 1 saturated carbocycles. The Labute approximate surface area is 93.8 Å². The Morgan fingerprint density at radius 2 is 1.86 bits per heavy atom. The van der Waals surface area contributed by atoms with E-state index in [9.17, 15) is 0 Å². The van der Waals surface area contributed by atoms with Gasteiger partial charge in [0, 0.05) is 37.6 Å². The molecule has 0 N–H and O–H groups in total. The normalized spacial score (nSPS) is 26.5. The van der Waals surface area contributed by atoms with E-state index in [-0.39, 0.29) is 0 Å². The van der Waals surface area contributed by atoms with Gasteiger partial charge in [0.25, 0.3) is 0 Å². The molecule has 0 aromatic rings. The van der Waals surface area contributed by atoms with Crippen molar-refractivity contribution in [3.05, 3.63) is 0 Å². The van der Waals surface area contributed by atoms with Gasteiger partial charge < -0.3 is 4.90 Å². The van der Waals surface area contributed by atoms with Crippen LogP contribution in [0.4, 0.5) is 0 Å². The highest BCUT2D eigenvalue weighted by molar-refractivity contribution is 8.76. The van der Waals surface area contributed by atoms with Crippen molar-refractivity contribution in [3.63, 3.8) is 0 Å². The molecule has 1 heterocycles. The van der Waals surface area contributed by atoms with Gasteiger partial charge in [0.1, 0.15) is 0 Å². The van der Waals surface area contributed by atoms with Gasteiger partial charge in [-0.25, -0.2) is 0 Å². The molecule has 1 saturated heterocycles. The molecule has 0 bridgehead atoms. The highest BCUT2D eigenvalue weighted by Gasteiger charge is 2.43. The van der Waals surface area contributed by atoms with Crippen LogP contribution in [0.3, 0.4) is 0 Å². The molecule has 0 aromatic carbocycles. The molecule has 0 radical (unpaired) electrons. The predicted molar refractivity (Wildman–Crippen MR) is 63.3 cm³/mol. The molecule has 2 fully saturated rings. The topological polar surface area (TPSA) is 27.0 Å². The van der Waals surface area contributed by atoms with Crippen molar-refractivity contribution in [3.8, 4) is 6.07 Å². The molecule has 1 aliphatic heterocycles. The lowest BCUT2D eigenvalue weighted by Crippen LogP contribution is -2.33. The summed E-state index contributed by atoms with van der Waals surface area (Å²) in [5.74, 6) is 2.49. The first-order valence-electron chi connectivity index (χ1n) is 5.18. The van der Waals surface area contributed by atoms with E-state index in [1.165, 1.54) is 44.0 Å². The summed E-state index contributed by atoms with van der Waals surface area (Å²) in [5.41, 5.74) is 0.397.